The number of hydrogen-bond donors (Lipinski definition) is 1. The molecule has 4 heterocycles. The molecule has 0 amide bonds. The van der Waals surface area contributed by atoms with Crippen LogP contribution in [0.3, 0.4) is 0 Å². The summed E-state index contributed by atoms with van der Waals surface area (Å²) in [6.07, 6.45) is 10.8. The van der Waals surface area contributed by atoms with Crippen LogP contribution in [0, 0.1) is 11.3 Å². The molecule has 0 bridgehead atoms. The largest absolute Gasteiger partial charge is 0.346 e. The van der Waals surface area contributed by atoms with Gasteiger partial charge in [-0.15, -0.1) is 0 Å². The van der Waals surface area contributed by atoms with Crippen molar-refractivity contribution >= 4 is 11.0 Å². The molecule has 0 aliphatic rings. The minimum absolute atomic E-state index is 0.180. The van der Waals surface area contributed by atoms with E-state index in [4.69, 9.17) is 5.26 Å². The summed E-state index contributed by atoms with van der Waals surface area (Å²) in [5.41, 5.74) is 3.43. The van der Waals surface area contributed by atoms with Crippen molar-refractivity contribution in [1.82, 2.24) is 29.7 Å². The van der Waals surface area contributed by atoms with Gasteiger partial charge in [-0.1, -0.05) is 6.07 Å². The third kappa shape index (κ3) is 2.40. The van der Waals surface area contributed by atoms with Crippen molar-refractivity contribution < 1.29 is 0 Å². The normalized spacial score (nSPS) is 12.1. The zero-order chi connectivity index (χ0) is 16.4. The van der Waals surface area contributed by atoms with E-state index in [2.05, 4.69) is 31.1 Å². The summed E-state index contributed by atoms with van der Waals surface area (Å²) in [4.78, 5) is 15.8. The van der Waals surface area contributed by atoms with Gasteiger partial charge in [-0.2, -0.15) is 10.4 Å². The molecular weight excluding hydrogens is 302 g/mol. The average molecular weight is 315 g/mol. The van der Waals surface area contributed by atoms with E-state index >= 15 is 0 Å². The lowest BCUT2D eigenvalue weighted by Gasteiger charge is -2.14. The molecule has 0 fully saturated rings. The van der Waals surface area contributed by atoms with E-state index in [1.165, 1.54) is 6.33 Å². The highest BCUT2D eigenvalue weighted by molar-refractivity contribution is 5.89. The van der Waals surface area contributed by atoms with Gasteiger partial charge in [0.25, 0.3) is 0 Å². The van der Waals surface area contributed by atoms with Gasteiger partial charge in [0.1, 0.15) is 12.0 Å². The first-order chi connectivity index (χ1) is 11.9. The standard InChI is InChI=1S/C17H13N7/c18-5-3-15(12-2-1-6-19-8-12)24-10-13(9-23-24)16-14-4-7-20-17(14)22-11-21-16/h1-2,4,6-11,15H,3H2,(H,20,21,22). The number of aromatic nitrogens is 6. The molecule has 0 saturated heterocycles. The number of nitrogens with one attached hydrogen (secondary N) is 1. The zero-order valence-corrected chi connectivity index (χ0v) is 12.7. The Morgan fingerprint density at radius 2 is 2.21 bits per heavy atom. The van der Waals surface area contributed by atoms with E-state index in [-0.39, 0.29) is 6.04 Å². The summed E-state index contributed by atoms with van der Waals surface area (Å²) < 4.78 is 1.79. The van der Waals surface area contributed by atoms with E-state index in [9.17, 15) is 0 Å². The SMILES string of the molecule is N#CCC(c1cccnc1)n1cc(-c2ncnc3[nH]ccc23)cn1. The average Bonchev–Trinajstić information content (AvgIpc) is 3.29. The molecule has 0 radical (unpaired) electrons. The molecule has 4 aromatic rings. The van der Waals surface area contributed by atoms with Crippen LogP contribution in [0.25, 0.3) is 22.3 Å². The van der Waals surface area contributed by atoms with E-state index in [1.54, 1.807) is 23.3 Å². The summed E-state index contributed by atoms with van der Waals surface area (Å²) in [5.74, 6) is 0. The smallest absolute Gasteiger partial charge is 0.141 e. The highest BCUT2D eigenvalue weighted by atomic mass is 15.3. The second-order valence-electron chi connectivity index (χ2n) is 5.34. The molecule has 4 aromatic heterocycles. The monoisotopic (exact) mass is 315 g/mol. The molecule has 1 atom stereocenters. The summed E-state index contributed by atoms with van der Waals surface area (Å²) >= 11 is 0. The molecule has 0 aliphatic heterocycles. The molecule has 0 aromatic carbocycles. The molecule has 1 unspecified atom stereocenters. The minimum Gasteiger partial charge on any atom is -0.346 e. The highest BCUT2D eigenvalue weighted by Crippen LogP contribution is 2.27. The third-order valence-corrected chi connectivity index (χ3v) is 3.90. The molecule has 0 spiro atoms. The molecule has 116 valence electrons. The lowest BCUT2D eigenvalue weighted by molar-refractivity contribution is 0.531. The summed E-state index contributed by atoms with van der Waals surface area (Å²) in [6, 6.07) is 7.79. The lowest BCUT2D eigenvalue weighted by Crippen LogP contribution is -2.10. The van der Waals surface area contributed by atoms with Gasteiger partial charge < -0.3 is 4.98 Å². The maximum absolute atomic E-state index is 9.16. The Labute approximate surface area is 137 Å². The Balaban J connectivity index is 1.76. The van der Waals surface area contributed by atoms with Crippen LogP contribution in [0.2, 0.25) is 0 Å². The first-order valence-corrected chi connectivity index (χ1v) is 7.46. The molecule has 24 heavy (non-hydrogen) atoms. The van der Waals surface area contributed by atoms with Crippen LogP contribution >= 0.6 is 0 Å². The number of H-pyrrole nitrogens is 1. The first-order valence-electron chi connectivity index (χ1n) is 7.46. The first kappa shape index (κ1) is 14.1. The fourth-order valence-electron chi connectivity index (χ4n) is 2.76. The topological polar surface area (TPSA) is 96.1 Å². The van der Waals surface area contributed by atoms with Crippen molar-refractivity contribution in [2.24, 2.45) is 0 Å². The summed E-state index contributed by atoms with van der Waals surface area (Å²) in [6.45, 7) is 0. The number of fused-ring (bicyclic) bond motifs is 1. The van der Waals surface area contributed by atoms with Crippen molar-refractivity contribution in [1.29, 1.82) is 5.26 Å². The van der Waals surface area contributed by atoms with Crippen LogP contribution in [-0.4, -0.2) is 29.7 Å². The van der Waals surface area contributed by atoms with Crippen LogP contribution < -0.4 is 0 Å². The van der Waals surface area contributed by atoms with Crippen molar-refractivity contribution in [3.8, 4) is 17.3 Å². The van der Waals surface area contributed by atoms with Gasteiger partial charge in [0.15, 0.2) is 0 Å². The van der Waals surface area contributed by atoms with Crippen molar-refractivity contribution in [3.05, 3.63) is 61.1 Å². The molecule has 7 heteroatoms. The fraction of sp³-hybridized carbons (Fsp3) is 0.118. The maximum Gasteiger partial charge on any atom is 0.141 e. The van der Waals surface area contributed by atoms with Crippen molar-refractivity contribution in [3.63, 3.8) is 0 Å². The van der Waals surface area contributed by atoms with Gasteiger partial charge in [-0.25, -0.2) is 9.97 Å². The highest BCUT2D eigenvalue weighted by Gasteiger charge is 2.17. The number of hydrogen-bond acceptors (Lipinski definition) is 5. The second-order valence-corrected chi connectivity index (χ2v) is 5.34. The van der Waals surface area contributed by atoms with E-state index < -0.39 is 0 Å². The van der Waals surface area contributed by atoms with E-state index in [0.29, 0.717) is 6.42 Å². The van der Waals surface area contributed by atoms with Gasteiger partial charge >= 0.3 is 0 Å². The maximum atomic E-state index is 9.16. The molecule has 0 saturated carbocycles. The van der Waals surface area contributed by atoms with Crippen LogP contribution in [-0.2, 0) is 0 Å². The van der Waals surface area contributed by atoms with Gasteiger partial charge in [0, 0.05) is 35.7 Å². The van der Waals surface area contributed by atoms with E-state index in [0.717, 1.165) is 27.9 Å². The van der Waals surface area contributed by atoms with Crippen LogP contribution in [0.4, 0.5) is 0 Å². The van der Waals surface area contributed by atoms with E-state index in [1.807, 2.05) is 30.6 Å². The van der Waals surface area contributed by atoms with Gasteiger partial charge in [0.2, 0.25) is 0 Å². The Kier molecular flexibility index (Phi) is 3.48. The van der Waals surface area contributed by atoms with Crippen molar-refractivity contribution in [2.75, 3.05) is 0 Å². The Morgan fingerprint density at radius 3 is 3.04 bits per heavy atom. The molecule has 1 N–H and O–H groups in total. The Hall–Kier alpha value is -3.53. The van der Waals surface area contributed by atoms with Gasteiger partial charge in [-0.05, 0) is 17.7 Å². The molecule has 0 aliphatic carbocycles. The quantitative estimate of drug-likeness (QED) is 0.624. The number of pyridine rings is 1. The summed E-state index contributed by atoms with van der Waals surface area (Å²) in [5, 5.41) is 14.5. The van der Waals surface area contributed by atoms with Crippen LogP contribution in [0.5, 0.6) is 0 Å². The van der Waals surface area contributed by atoms with Crippen LogP contribution in [0.15, 0.2) is 55.5 Å². The zero-order valence-electron chi connectivity index (χ0n) is 12.7. The Bertz CT molecular complexity index is 1010. The lowest BCUT2D eigenvalue weighted by atomic mass is 10.1. The predicted molar refractivity (Wildman–Crippen MR) is 87.7 cm³/mol. The number of nitriles is 1. The summed E-state index contributed by atoms with van der Waals surface area (Å²) in [7, 11) is 0. The van der Waals surface area contributed by atoms with Gasteiger partial charge in [0.05, 0.1) is 30.4 Å². The number of nitrogens with zero attached hydrogens (tertiary/aromatic N) is 6. The van der Waals surface area contributed by atoms with Gasteiger partial charge in [-0.3, -0.25) is 9.67 Å². The van der Waals surface area contributed by atoms with Crippen LogP contribution in [0.1, 0.15) is 18.0 Å². The second kappa shape index (κ2) is 5.93. The van der Waals surface area contributed by atoms with Crippen molar-refractivity contribution in [2.45, 2.75) is 12.5 Å². The number of rotatable bonds is 4. The number of aromatic amines is 1. The molecular formula is C17H13N7. The fourth-order valence-corrected chi connectivity index (χ4v) is 2.76. The third-order valence-electron chi connectivity index (χ3n) is 3.90. The Morgan fingerprint density at radius 1 is 1.25 bits per heavy atom. The predicted octanol–water partition coefficient (Wildman–Crippen LogP) is 2.72. The molecule has 4 rings (SSSR count). The minimum atomic E-state index is -0.180. The molecule has 7 nitrogen and oxygen atoms in total.